The van der Waals surface area contributed by atoms with Gasteiger partial charge in [-0.3, -0.25) is 9.59 Å². The van der Waals surface area contributed by atoms with Gasteiger partial charge in [0.05, 0.1) is 53.2 Å². The Bertz CT molecular complexity index is 1260. The molecule has 18 atom stereocenters. The highest BCUT2D eigenvalue weighted by Crippen LogP contribution is 2.44. The second-order valence-corrected chi connectivity index (χ2v) is 18.1. The molecule has 0 saturated carbocycles. The van der Waals surface area contributed by atoms with Gasteiger partial charge in [0.15, 0.2) is 6.29 Å². The van der Waals surface area contributed by atoms with Gasteiger partial charge in [0.25, 0.3) is 0 Å². The molecule has 13 heteroatoms. The van der Waals surface area contributed by atoms with E-state index in [-0.39, 0.29) is 36.7 Å². The van der Waals surface area contributed by atoms with E-state index in [9.17, 15) is 40.2 Å². The molecule has 0 aromatic carbocycles. The number of carboxylic acids is 1. The maximum atomic E-state index is 13.9. The van der Waals surface area contributed by atoms with Crippen LogP contribution in [0.1, 0.15) is 115 Å². The summed E-state index contributed by atoms with van der Waals surface area (Å²) in [6, 6.07) is -0.365. The number of aliphatic hydroxyl groups is 5. The number of carbonyl (C=O) groups excluding carboxylic acids is 1. The Hall–Kier alpha value is -1.52. The molecule has 2 saturated heterocycles. The third-order valence-electron chi connectivity index (χ3n) is 13.3. The zero-order valence-electron chi connectivity index (χ0n) is 36.2. The molecule has 6 N–H and O–H groups in total. The van der Waals surface area contributed by atoms with E-state index in [1.165, 1.54) is 21.0 Å². The molecule has 2 aliphatic heterocycles. The van der Waals surface area contributed by atoms with Crippen molar-refractivity contribution < 1.29 is 59.2 Å². The third kappa shape index (κ3) is 11.8. The molecular formula is C42H77NO12. The average Bonchev–Trinajstić information content (AvgIpc) is 3.10. The molecule has 0 bridgehead atoms. The second kappa shape index (κ2) is 20.0. The Morgan fingerprint density at radius 3 is 2.15 bits per heavy atom. The molecule has 0 amide bonds. The number of carboxylic acid groups (broad SMARTS) is 1. The van der Waals surface area contributed by atoms with Gasteiger partial charge in [0, 0.05) is 43.9 Å². The van der Waals surface area contributed by atoms with Crippen molar-refractivity contribution in [2.24, 2.45) is 35.5 Å². The van der Waals surface area contributed by atoms with Crippen LogP contribution in [0.4, 0.5) is 0 Å². The van der Waals surface area contributed by atoms with Crippen LogP contribution in [0.15, 0.2) is 12.2 Å². The summed E-state index contributed by atoms with van der Waals surface area (Å²) in [6.45, 7) is 25.2. The van der Waals surface area contributed by atoms with Gasteiger partial charge in [0.2, 0.25) is 0 Å². The van der Waals surface area contributed by atoms with E-state index >= 15 is 0 Å². The molecule has 322 valence electrons. The zero-order valence-corrected chi connectivity index (χ0v) is 36.2. The summed E-state index contributed by atoms with van der Waals surface area (Å²) in [4.78, 5) is 28.8. The van der Waals surface area contributed by atoms with E-state index in [0.717, 1.165) is 12.0 Å². The first kappa shape index (κ1) is 49.6. The molecule has 2 unspecified atom stereocenters. The van der Waals surface area contributed by atoms with Crippen molar-refractivity contribution >= 4 is 11.8 Å². The van der Waals surface area contributed by atoms with Gasteiger partial charge in [-0.05, 0) is 79.7 Å². The van der Waals surface area contributed by atoms with Crippen molar-refractivity contribution in [3.63, 3.8) is 0 Å². The Balaban J connectivity index is 2.65. The lowest BCUT2D eigenvalue weighted by molar-refractivity contribution is -0.302. The maximum absolute atomic E-state index is 13.9. The lowest BCUT2D eigenvalue weighted by Crippen LogP contribution is -2.62. The van der Waals surface area contributed by atoms with E-state index in [2.05, 4.69) is 6.58 Å². The Morgan fingerprint density at radius 1 is 1.05 bits per heavy atom. The number of ketones is 1. The van der Waals surface area contributed by atoms with Crippen LogP contribution in [0, 0.1) is 35.5 Å². The van der Waals surface area contributed by atoms with Gasteiger partial charge < -0.3 is 54.5 Å². The highest BCUT2D eigenvalue weighted by Gasteiger charge is 2.54. The summed E-state index contributed by atoms with van der Waals surface area (Å²) in [7, 11) is 3.40. The molecule has 2 heterocycles. The first-order chi connectivity index (χ1) is 25.2. The van der Waals surface area contributed by atoms with Gasteiger partial charge in [-0.25, -0.2) is 0 Å². The monoisotopic (exact) mass is 788 g/mol. The average molecular weight is 788 g/mol. The van der Waals surface area contributed by atoms with E-state index < -0.39 is 95.3 Å². The highest BCUT2D eigenvalue weighted by atomic mass is 16.7. The largest absolute Gasteiger partial charge is 0.481 e. The number of methoxy groups -OCH3 is 1. The molecule has 0 aliphatic carbocycles. The number of nitrogens with zero attached hydrogens (tertiary/aromatic N) is 1. The van der Waals surface area contributed by atoms with Crippen molar-refractivity contribution in [1.29, 1.82) is 0 Å². The summed E-state index contributed by atoms with van der Waals surface area (Å²) in [5, 5.41) is 68.2. The second-order valence-electron chi connectivity index (χ2n) is 18.1. The lowest BCUT2D eigenvalue weighted by atomic mass is 9.68. The fraction of sp³-hybridized carbons (Fsp3) is 0.905. The Morgan fingerprint density at radius 2 is 1.64 bits per heavy atom. The SMILES string of the molecule is C=C(C)CCN(C)[C@H]1C[C@@H](C)O[C@@H](O[C@H]([C@@H](C)[C@H](C2C[C@@](C)(OC)[C@@H](O)[C@H](C)O2)[C@@H](C)C(=O)O)[C@](C)(O)C[C@@H](C)C(=O)[C@H](C)C(O)[C@](C)(O)[C@H](C)CC)[C@@H]1O. The molecule has 0 aromatic rings. The van der Waals surface area contributed by atoms with Crippen LogP contribution in [0.5, 0.6) is 0 Å². The fourth-order valence-electron chi connectivity index (χ4n) is 9.07. The van der Waals surface area contributed by atoms with Gasteiger partial charge >= 0.3 is 5.97 Å². The summed E-state index contributed by atoms with van der Waals surface area (Å²) in [5.41, 5.74) is -3.42. The molecule has 0 spiro atoms. The predicted octanol–water partition coefficient (Wildman–Crippen LogP) is 4.19. The number of Topliss-reactive ketones (excluding diaryl/α,β-unsaturated/α-hetero) is 1. The lowest BCUT2D eigenvalue weighted by Gasteiger charge is -2.51. The maximum Gasteiger partial charge on any atom is 0.306 e. The summed E-state index contributed by atoms with van der Waals surface area (Å²) >= 11 is 0. The zero-order chi connectivity index (χ0) is 42.5. The molecule has 0 radical (unpaired) electrons. The fourth-order valence-corrected chi connectivity index (χ4v) is 9.07. The molecule has 2 aliphatic rings. The quantitative estimate of drug-likeness (QED) is 0.0908. The first-order valence-electron chi connectivity index (χ1n) is 20.3. The minimum absolute atomic E-state index is 0.145. The van der Waals surface area contributed by atoms with Gasteiger partial charge in [-0.15, -0.1) is 6.58 Å². The van der Waals surface area contributed by atoms with Gasteiger partial charge in [0.1, 0.15) is 18.0 Å². The van der Waals surface area contributed by atoms with E-state index in [1.54, 1.807) is 41.5 Å². The van der Waals surface area contributed by atoms with Crippen molar-refractivity contribution in [3.05, 3.63) is 12.2 Å². The van der Waals surface area contributed by atoms with Gasteiger partial charge in [-0.1, -0.05) is 53.5 Å². The van der Waals surface area contributed by atoms with E-state index in [0.29, 0.717) is 19.4 Å². The number of ether oxygens (including phenoxy) is 4. The minimum Gasteiger partial charge on any atom is -0.481 e. The number of likely N-dealkylation sites (N-methyl/N-ethyl adjacent to an activating group) is 1. The summed E-state index contributed by atoms with van der Waals surface area (Å²) in [5.74, 6) is -6.20. The van der Waals surface area contributed by atoms with Crippen LogP contribution in [-0.2, 0) is 28.5 Å². The van der Waals surface area contributed by atoms with Crippen LogP contribution in [-0.4, -0.2) is 140 Å². The van der Waals surface area contributed by atoms with Crippen molar-refractivity contribution in [1.82, 2.24) is 4.90 Å². The Labute approximate surface area is 330 Å². The summed E-state index contributed by atoms with van der Waals surface area (Å²) in [6.07, 6.45) is -5.95. The third-order valence-corrected chi connectivity index (χ3v) is 13.3. The van der Waals surface area contributed by atoms with Gasteiger partial charge in [-0.2, -0.15) is 0 Å². The topological polar surface area (TPSA) is 196 Å². The number of aliphatic hydroxyl groups excluding tert-OH is 3. The van der Waals surface area contributed by atoms with Crippen LogP contribution >= 0.6 is 0 Å². The standard InChI is InChI=1S/C42H77NO12/c1-16-24(5)42(13,51)35(46)28(9)33(44)23(4)20-40(11,50)37(55-39-34(45)30(19-25(6)53-39)43(14)18-17-22(2)3)26(7)32(27(8)38(48)49)31-21-41(12,52-15)36(47)29(10)54-31/h23-32,34-37,39,45-47,50-51H,2,16-21H2,1,3-15H3,(H,48,49)/t23-,24-,25-,26+,27-,28+,29+,30+,31?,32+,34-,35?,36+,37-,39+,40-,41-,42-/m1/s1. The number of aliphatic carboxylic acids is 1. The number of hydrogen-bond donors (Lipinski definition) is 6. The van der Waals surface area contributed by atoms with Crippen molar-refractivity contribution in [2.75, 3.05) is 20.7 Å². The number of hydrogen-bond acceptors (Lipinski definition) is 12. The highest BCUT2D eigenvalue weighted by molar-refractivity contribution is 5.83. The molecule has 2 fully saturated rings. The minimum atomic E-state index is -1.83. The summed E-state index contributed by atoms with van der Waals surface area (Å²) < 4.78 is 25.1. The molecule has 0 aromatic heterocycles. The van der Waals surface area contributed by atoms with Crippen LogP contribution in [0.25, 0.3) is 0 Å². The van der Waals surface area contributed by atoms with E-state index in [1.807, 2.05) is 39.6 Å². The normalized spacial score (nSPS) is 34.3. The molecule has 2 rings (SSSR count). The first-order valence-corrected chi connectivity index (χ1v) is 20.3. The number of rotatable bonds is 21. The predicted molar refractivity (Wildman–Crippen MR) is 210 cm³/mol. The van der Waals surface area contributed by atoms with Crippen LogP contribution < -0.4 is 0 Å². The van der Waals surface area contributed by atoms with Crippen molar-refractivity contribution in [2.45, 2.75) is 187 Å². The smallest absolute Gasteiger partial charge is 0.306 e. The molecule has 55 heavy (non-hydrogen) atoms. The van der Waals surface area contributed by atoms with Crippen LogP contribution in [0.2, 0.25) is 0 Å². The number of carbonyl (C=O) groups is 2. The van der Waals surface area contributed by atoms with Crippen LogP contribution in [0.3, 0.4) is 0 Å². The Kier molecular flexibility index (Phi) is 18.0. The van der Waals surface area contributed by atoms with Crippen molar-refractivity contribution in [3.8, 4) is 0 Å². The van der Waals surface area contributed by atoms with E-state index in [4.69, 9.17) is 18.9 Å². The molecule has 13 nitrogen and oxygen atoms in total. The molecular weight excluding hydrogens is 710 g/mol.